The number of ether oxygens (including phenoxy) is 3. The normalized spacial score (nSPS) is 23.4. The Morgan fingerprint density at radius 3 is 2.15 bits per heavy atom. The average molecular weight is 580 g/mol. The third kappa shape index (κ3) is 7.01. The molecule has 1 spiro atoms. The summed E-state index contributed by atoms with van der Waals surface area (Å²) >= 11 is 0. The maximum absolute atomic E-state index is 12.9. The Morgan fingerprint density at radius 1 is 1.00 bits per heavy atom. The van der Waals surface area contributed by atoms with Crippen molar-refractivity contribution in [1.29, 1.82) is 0 Å². The fourth-order valence-electron chi connectivity index (χ4n) is 6.63. The fourth-order valence-corrected chi connectivity index (χ4v) is 8.61. The van der Waals surface area contributed by atoms with E-state index in [4.69, 9.17) is 14.2 Å². The molecule has 40 heavy (non-hydrogen) atoms. The summed E-state index contributed by atoms with van der Waals surface area (Å²) in [4.78, 5) is 16.9. The SMILES string of the molecule is COCC(=O)N1CCC2(CC1)CCN(C1CCC1)C2.COc1cc(C)c(S(=O)(=O)N2CCOC(C)(C)C2)c(C)c1. The van der Waals surface area contributed by atoms with E-state index in [1.165, 1.54) is 55.9 Å². The number of morpholine rings is 1. The van der Waals surface area contributed by atoms with E-state index in [0.717, 1.165) is 19.1 Å². The second-order valence-corrected chi connectivity index (χ2v) is 14.5. The van der Waals surface area contributed by atoms with Crippen molar-refractivity contribution in [2.24, 2.45) is 5.41 Å². The summed E-state index contributed by atoms with van der Waals surface area (Å²) in [5, 5.41) is 0. The quantitative estimate of drug-likeness (QED) is 0.509. The zero-order chi connectivity index (χ0) is 29.1. The third-order valence-electron chi connectivity index (χ3n) is 9.16. The molecule has 1 saturated carbocycles. The van der Waals surface area contributed by atoms with Crippen molar-refractivity contribution in [3.63, 3.8) is 0 Å². The average Bonchev–Trinajstić information content (AvgIpc) is 3.25. The predicted molar refractivity (Wildman–Crippen MR) is 155 cm³/mol. The number of sulfonamides is 1. The maximum Gasteiger partial charge on any atom is 0.248 e. The van der Waals surface area contributed by atoms with Gasteiger partial charge in [-0.25, -0.2) is 8.42 Å². The number of nitrogens with zero attached hydrogens (tertiary/aromatic N) is 3. The van der Waals surface area contributed by atoms with Crippen LogP contribution in [0.5, 0.6) is 5.75 Å². The molecule has 10 heteroatoms. The van der Waals surface area contributed by atoms with Crippen LogP contribution in [0.1, 0.15) is 63.5 Å². The van der Waals surface area contributed by atoms with Crippen LogP contribution in [0.3, 0.4) is 0 Å². The standard InChI is InChI=1S/C15H26N2O2.C15H23NO4S/c1-19-11-14(18)16-8-5-15(6-9-16)7-10-17(12-15)13-3-2-4-13;1-11-8-13(19-5)9-12(2)14(11)21(17,18)16-6-7-20-15(3,4)10-16/h13H,2-12H2,1H3;8-9H,6-7,10H2,1-5H3. The number of benzene rings is 1. The second-order valence-electron chi connectivity index (χ2n) is 12.7. The summed E-state index contributed by atoms with van der Waals surface area (Å²) in [5.41, 5.74) is 1.46. The van der Waals surface area contributed by atoms with E-state index in [1.807, 2.05) is 18.7 Å². The molecule has 1 aromatic carbocycles. The third-order valence-corrected chi connectivity index (χ3v) is 11.3. The van der Waals surface area contributed by atoms with Crippen LogP contribution in [-0.4, -0.2) is 107 Å². The minimum Gasteiger partial charge on any atom is -0.497 e. The van der Waals surface area contributed by atoms with Crippen molar-refractivity contribution in [1.82, 2.24) is 14.1 Å². The highest BCUT2D eigenvalue weighted by atomic mass is 32.2. The zero-order valence-electron chi connectivity index (χ0n) is 25.3. The minimum absolute atomic E-state index is 0.159. The summed E-state index contributed by atoms with van der Waals surface area (Å²) in [6.07, 6.45) is 7.96. The van der Waals surface area contributed by atoms with Crippen molar-refractivity contribution in [2.75, 3.05) is 66.7 Å². The van der Waals surface area contributed by atoms with Gasteiger partial charge in [0.1, 0.15) is 12.4 Å². The molecular formula is C30H49N3O6S. The Balaban J connectivity index is 0.000000186. The molecule has 1 aliphatic carbocycles. The Labute approximate surface area is 241 Å². The van der Waals surface area contributed by atoms with Crippen molar-refractivity contribution in [3.8, 4) is 5.75 Å². The van der Waals surface area contributed by atoms with Crippen molar-refractivity contribution < 1.29 is 27.4 Å². The first-order valence-corrected chi connectivity index (χ1v) is 16.1. The van der Waals surface area contributed by atoms with Crippen molar-refractivity contribution in [2.45, 2.75) is 82.8 Å². The molecule has 0 unspecified atom stereocenters. The lowest BCUT2D eigenvalue weighted by Crippen LogP contribution is -2.50. The highest BCUT2D eigenvalue weighted by Crippen LogP contribution is 2.43. The van der Waals surface area contributed by atoms with E-state index in [2.05, 4.69) is 4.90 Å². The summed E-state index contributed by atoms with van der Waals surface area (Å²) in [6, 6.07) is 4.39. The van der Waals surface area contributed by atoms with Gasteiger partial charge in [0.05, 0.1) is 24.2 Å². The van der Waals surface area contributed by atoms with Crippen LogP contribution in [0.25, 0.3) is 0 Å². The van der Waals surface area contributed by atoms with E-state index in [9.17, 15) is 13.2 Å². The van der Waals surface area contributed by atoms with Crippen molar-refractivity contribution in [3.05, 3.63) is 23.3 Å². The van der Waals surface area contributed by atoms with Gasteiger partial charge < -0.3 is 19.1 Å². The van der Waals surface area contributed by atoms with Gasteiger partial charge in [0, 0.05) is 45.9 Å². The molecular weight excluding hydrogens is 530 g/mol. The molecule has 5 rings (SSSR count). The van der Waals surface area contributed by atoms with Gasteiger partial charge in [0.15, 0.2) is 0 Å². The van der Waals surface area contributed by atoms with Crippen LogP contribution in [0.2, 0.25) is 0 Å². The molecule has 226 valence electrons. The number of piperidine rings is 1. The molecule has 3 aliphatic heterocycles. The van der Waals surface area contributed by atoms with Crippen LogP contribution in [0.15, 0.2) is 17.0 Å². The number of rotatable bonds is 6. The van der Waals surface area contributed by atoms with Gasteiger partial charge in [-0.15, -0.1) is 0 Å². The Hall–Kier alpha value is -1.72. The maximum atomic E-state index is 12.9. The number of hydrogen-bond acceptors (Lipinski definition) is 7. The topological polar surface area (TPSA) is 88.6 Å². The van der Waals surface area contributed by atoms with Crippen LogP contribution >= 0.6 is 0 Å². The molecule has 0 N–H and O–H groups in total. The fraction of sp³-hybridized carbons (Fsp3) is 0.767. The number of amides is 1. The number of aryl methyl sites for hydroxylation is 2. The van der Waals surface area contributed by atoms with Crippen LogP contribution < -0.4 is 4.74 Å². The van der Waals surface area contributed by atoms with Gasteiger partial charge in [-0.3, -0.25) is 9.69 Å². The summed E-state index contributed by atoms with van der Waals surface area (Å²) in [6.45, 7) is 13.2. The molecule has 0 radical (unpaired) electrons. The van der Waals surface area contributed by atoms with Gasteiger partial charge in [-0.05, 0) is 95.0 Å². The highest BCUT2D eigenvalue weighted by Gasteiger charge is 2.43. The molecule has 9 nitrogen and oxygen atoms in total. The smallest absolute Gasteiger partial charge is 0.248 e. The molecule has 0 atom stereocenters. The second kappa shape index (κ2) is 12.7. The monoisotopic (exact) mass is 579 g/mol. The largest absolute Gasteiger partial charge is 0.497 e. The summed E-state index contributed by atoms with van der Waals surface area (Å²) in [5.74, 6) is 0.831. The van der Waals surface area contributed by atoms with E-state index < -0.39 is 15.6 Å². The number of likely N-dealkylation sites (tertiary alicyclic amines) is 2. The number of carbonyl (C=O) groups is 1. The van der Waals surface area contributed by atoms with Crippen molar-refractivity contribution >= 4 is 15.9 Å². The van der Waals surface area contributed by atoms with E-state index in [1.54, 1.807) is 40.2 Å². The van der Waals surface area contributed by atoms with Gasteiger partial charge in [-0.2, -0.15) is 4.31 Å². The lowest BCUT2D eigenvalue weighted by molar-refractivity contribution is -0.137. The highest BCUT2D eigenvalue weighted by molar-refractivity contribution is 7.89. The number of methoxy groups -OCH3 is 2. The van der Waals surface area contributed by atoms with Crippen LogP contribution in [0, 0.1) is 19.3 Å². The lowest BCUT2D eigenvalue weighted by Gasteiger charge is -2.41. The first-order valence-electron chi connectivity index (χ1n) is 14.7. The molecule has 4 aliphatic rings. The first kappa shape index (κ1) is 31.2. The molecule has 3 heterocycles. The molecule has 3 saturated heterocycles. The Bertz CT molecular complexity index is 1120. The molecule has 0 bridgehead atoms. The number of carbonyl (C=O) groups excluding carboxylic acids is 1. The summed E-state index contributed by atoms with van der Waals surface area (Å²) < 4.78 is 43.1. The van der Waals surface area contributed by atoms with E-state index in [0.29, 0.717) is 46.9 Å². The zero-order valence-corrected chi connectivity index (χ0v) is 26.1. The van der Waals surface area contributed by atoms with Gasteiger partial charge >= 0.3 is 0 Å². The Kier molecular flexibility index (Phi) is 9.87. The predicted octanol–water partition coefficient (Wildman–Crippen LogP) is 3.61. The molecule has 0 aromatic heterocycles. The van der Waals surface area contributed by atoms with E-state index in [-0.39, 0.29) is 12.5 Å². The molecule has 4 fully saturated rings. The first-order chi connectivity index (χ1) is 18.9. The van der Waals surface area contributed by atoms with Crippen LogP contribution in [0.4, 0.5) is 0 Å². The number of hydrogen-bond donors (Lipinski definition) is 0. The minimum atomic E-state index is -3.52. The lowest BCUT2D eigenvalue weighted by atomic mass is 9.77. The Morgan fingerprint density at radius 2 is 1.62 bits per heavy atom. The van der Waals surface area contributed by atoms with E-state index >= 15 is 0 Å². The van der Waals surface area contributed by atoms with Gasteiger partial charge in [0.25, 0.3) is 0 Å². The van der Waals surface area contributed by atoms with Crippen LogP contribution in [-0.2, 0) is 24.3 Å². The summed E-state index contributed by atoms with van der Waals surface area (Å²) in [7, 11) is -0.351. The molecule has 1 amide bonds. The molecule has 1 aromatic rings. The van der Waals surface area contributed by atoms with Gasteiger partial charge in [0.2, 0.25) is 15.9 Å². The van der Waals surface area contributed by atoms with Gasteiger partial charge in [-0.1, -0.05) is 6.42 Å².